The number of carbonyl (C=O) groups is 1. The average Bonchev–Trinajstić information content (AvgIpc) is 2.84. The number of rotatable bonds is 6. The molecule has 2 heterocycles. The van der Waals surface area contributed by atoms with Crippen LogP contribution in [0, 0.1) is 11.7 Å². The van der Waals surface area contributed by atoms with Crippen LogP contribution in [0.1, 0.15) is 30.2 Å². The number of halogens is 1. The predicted molar refractivity (Wildman–Crippen MR) is 116 cm³/mol. The minimum Gasteiger partial charge on any atom is -0.451 e. The molecule has 0 N–H and O–H groups in total. The molecule has 0 aliphatic carbocycles. The van der Waals surface area contributed by atoms with Crippen molar-refractivity contribution in [2.45, 2.75) is 23.8 Å². The van der Waals surface area contributed by atoms with Crippen molar-refractivity contribution < 1.29 is 22.3 Å². The molecule has 32 heavy (non-hydrogen) atoms. The summed E-state index contributed by atoms with van der Waals surface area (Å²) in [6.45, 7) is 0.314. The van der Waals surface area contributed by atoms with Crippen LogP contribution >= 0.6 is 0 Å². The molecule has 166 valence electrons. The van der Waals surface area contributed by atoms with E-state index in [1.807, 2.05) is 36.4 Å². The minimum atomic E-state index is -3.83. The molecule has 0 bridgehead atoms. The van der Waals surface area contributed by atoms with Crippen molar-refractivity contribution in [2.75, 3.05) is 13.1 Å². The van der Waals surface area contributed by atoms with Crippen molar-refractivity contribution in [3.8, 4) is 0 Å². The van der Waals surface area contributed by atoms with Gasteiger partial charge in [0.2, 0.25) is 10.0 Å². The second-order valence-corrected chi connectivity index (χ2v) is 9.58. The van der Waals surface area contributed by atoms with Crippen molar-refractivity contribution in [1.82, 2.24) is 9.29 Å². The molecular weight excluding hydrogens is 431 g/mol. The number of nitrogens with zero attached hydrogens (tertiary/aromatic N) is 2. The van der Waals surface area contributed by atoms with Gasteiger partial charge in [-0.2, -0.15) is 4.31 Å². The molecule has 2 unspecified atom stereocenters. The molecule has 1 fully saturated rings. The lowest BCUT2D eigenvalue weighted by Crippen LogP contribution is -2.43. The molecule has 2 atom stereocenters. The van der Waals surface area contributed by atoms with E-state index in [1.54, 1.807) is 18.3 Å². The van der Waals surface area contributed by atoms with E-state index >= 15 is 0 Å². The lowest BCUT2D eigenvalue weighted by Gasteiger charge is -2.31. The summed E-state index contributed by atoms with van der Waals surface area (Å²) >= 11 is 0. The molecule has 1 aromatic heterocycles. The van der Waals surface area contributed by atoms with Crippen molar-refractivity contribution in [2.24, 2.45) is 5.92 Å². The van der Waals surface area contributed by atoms with Gasteiger partial charge in [0.05, 0.1) is 16.5 Å². The van der Waals surface area contributed by atoms with Crippen molar-refractivity contribution in [3.63, 3.8) is 0 Å². The van der Waals surface area contributed by atoms with Crippen LogP contribution in [0.2, 0.25) is 0 Å². The van der Waals surface area contributed by atoms with Crippen molar-refractivity contribution in [3.05, 3.63) is 96.1 Å². The quantitative estimate of drug-likeness (QED) is 0.527. The van der Waals surface area contributed by atoms with E-state index in [2.05, 4.69) is 4.98 Å². The maximum Gasteiger partial charge on any atom is 0.311 e. The molecule has 0 amide bonds. The SMILES string of the molecule is O=C(OC(c1ccccc1)c1ccccn1)C1CCCN(S(=O)(=O)c2ccc(F)cc2)C1. The number of pyridine rings is 1. The van der Waals surface area contributed by atoms with Gasteiger partial charge in [0, 0.05) is 19.3 Å². The number of benzene rings is 2. The fraction of sp³-hybridized carbons (Fsp3) is 0.250. The number of esters is 1. The lowest BCUT2D eigenvalue weighted by atomic mass is 9.99. The Kier molecular flexibility index (Phi) is 6.62. The Labute approximate surface area is 186 Å². The van der Waals surface area contributed by atoms with Crippen LogP contribution in [0.3, 0.4) is 0 Å². The molecule has 0 radical (unpaired) electrons. The van der Waals surface area contributed by atoms with E-state index in [9.17, 15) is 17.6 Å². The molecule has 4 rings (SSSR count). The van der Waals surface area contributed by atoms with E-state index in [1.165, 1.54) is 16.4 Å². The van der Waals surface area contributed by atoms with Crippen molar-refractivity contribution in [1.29, 1.82) is 0 Å². The summed E-state index contributed by atoms with van der Waals surface area (Å²) in [5.74, 6) is -1.58. The zero-order valence-electron chi connectivity index (χ0n) is 17.3. The predicted octanol–water partition coefficient (Wildman–Crippen LogP) is 3.95. The van der Waals surface area contributed by atoms with Gasteiger partial charge in [0.1, 0.15) is 5.82 Å². The molecule has 6 nitrogen and oxygen atoms in total. The van der Waals surface area contributed by atoms with Crippen LogP contribution in [0.4, 0.5) is 4.39 Å². The lowest BCUT2D eigenvalue weighted by molar-refractivity contribution is -0.154. The van der Waals surface area contributed by atoms with Gasteiger partial charge < -0.3 is 4.74 Å². The topological polar surface area (TPSA) is 76.6 Å². The summed E-state index contributed by atoms with van der Waals surface area (Å²) in [5.41, 5.74) is 1.38. The Morgan fingerprint density at radius 2 is 1.75 bits per heavy atom. The van der Waals surface area contributed by atoms with Crippen LogP contribution in [0.5, 0.6) is 0 Å². The number of hydrogen-bond donors (Lipinski definition) is 0. The highest BCUT2D eigenvalue weighted by molar-refractivity contribution is 7.89. The molecule has 0 saturated carbocycles. The molecule has 1 saturated heterocycles. The van der Waals surface area contributed by atoms with E-state index in [0.29, 0.717) is 25.1 Å². The van der Waals surface area contributed by atoms with Crippen LogP contribution in [0.25, 0.3) is 0 Å². The second-order valence-electron chi connectivity index (χ2n) is 7.64. The average molecular weight is 455 g/mol. The number of hydrogen-bond acceptors (Lipinski definition) is 5. The molecular formula is C24H23FN2O4S. The summed E-state index contributed by atoms with van der Waals surface area (Å²) in [5, 5.41) is 0. The van der Waals surface area contributed by atoms with Crippen LogP contribution in [-0.2, 0) is 19.6 Å². The minimum absolute atomic E-state index is 0.00330. The summed E-state index contributed by atoms with van der Waals surface area (Å²) in [6, 6.07) is 19.4. The standard InChI is InChI=1S/C24H23FN2O4S/c25-20-11-13-21(14-12-20)32(29,30)27-16-6-9-19(17-27)24(28)31-23(18-7-2-1-3-8-18)22-10-4-5-15-26-22/h1-5,7-8,10-15,19,23H,6,9,16-17H2. The van der Waals surface area contributed by atoms with Crippen LogP contribution in [-0.4, -0.2) is 36.8 Å². The Hall–Kier alpha value is -3.10. The van der Waals surface area contributed by atoms with E-state index in [0.717, 1.165) is 17.7 Å². The van der Waals surface area contributed by atoms with Gasteiger partial charge in [-0.15, -0.1) is 0 Å². The monoisotopic (exact) mass is 454 g/mol. The summed E-state index contributed by atoms with van der Waals surface area (Å²) in [4.78, 5) is 17.4. The van der Waals surface area contributed by atoms with E-state index in [-0.39, 0.29) is 11.4 Å². The first-order valence-electron chi connectivity index (χ1n) is 10.4. The third kappa shape index (κ3) is 4.87. The van der Waals surface area contributed by atoms with Gasteiger partial charge in [0.15, 0.2) is 6.10 Å². The highest BCUT2D eigenvalue weighted by Gasteiger charge is 2.35. The number of ether oxygens (including phenoxy) is 1. The Morgan fingerprint density at radius 3 is 2.44 bits per heavy atom. The summed E-state index contributed by atoms with van der Waals surface area (Å²) in [6.07, 6.45) is 2.00. The molecule has 1 aliphatic rings. The van der Waals surface area contributed by atoms with Crippen LogP contribution in [0.15, 0.2) is 83.9 Å². The first-order valence-corrected chi connectivity index (χ1v) is 11.8. The molecule has 8 heteroatoms. The van der Waals surface area contributed by atoms with Gasteiger partial charge in [-0.05, 0) is 54.8 Å². The molecule has 0 spiro atoms. The number of carbonyl (C=O) groups excluding carboxylic acids is 1. The van der Waals surface area contributed by atoms with E-state index in [4.69, 9.17) is 4.74 Å². The summed E-state index contributed by atoms with van der Waals surface area (Å²) in [7, 11) is -3.83. The maximum absolute atomic E-state index is 13.2. The smallest absolute Gasteiger partial charge is 0.311 e. The van der Waals surface area contributed by atoms with E-state index < -0.39 is 33.8 Å². The highest BCUT2D eigenvalue weighted by atomic mass is 32.2. The van der Waals surface area contributed by atoms with Crippen LogP contribution < -0.4 is 0 Å². The number of sulfonamides is 1. The number of piperidine rings is 1. The zero-order chi connectivity index (χ0) is 22.6. The zero-order valence-corrected chi connectivity index (χ0v) is 18.1. The summed E-state index contributed by atoms with van der Waals surface area (Å²) < 4.78 is 46.3. The van der Waals surface area contributed by atoms with Gasteiger partial charge >= 0.3 is 5.97 Å². The van der Waals surface area contributed by atoms with Crippen molar-refractivity contribution >= 4 is 16.0 Å². The fourth-order valence-corrected chi connectivity index (χ4v) is 5.30. The first-order chi connectivity index (χ1) is 15.4. The van der Waals surface area contributed by atoms with Gasteiger partial charge in [-0.3, -0.25) is 9.78 Å². The maximum atomic E-state index is 13.2. The molecule has 1 aliphatic heterocycles. The fourth-order valence-electron chi connectivity index (χ4n) is 3.78. The van der Waals surface area contributed by atoms with Gasteiger partial charge in [-0.25, -0.2) is 12.8 Å². The normalized spacial score (nSPS) is 18.1. The highest BCUT2D eigenvalue weighted by Crippen LogP contribution is 2.29. The Bertz CT molecular complexity index is 1120. The first kappa shape index (κ1) is 22.1. The van der Waals surface area contributed by atoms with Gasteiger partial charge in [0.25, 0.3) is 0 Å². The Morgan fingerprint density at radius 1 is 1.03 bits per heavy atom. The second kappa shape index (κ2) is 9.58. The molecule has 3 aromatic rings. The molecule has 2 aromatic carbocycles. The van der Waals surface area contributed by atoms with Gasteiger partial charge in [-0.1, -0.05) is 36.4 Å². The third-order valence-corrected chi connectivity index (χ3v) is 7.34. The Balaban J connectivity index is 1.52. The largest absolute Gasteiger partial charge is 0.451 e. The third-order valence-electron chi connectivity index (χ3n) is 5.46. The number of aromatic nitrogens is 1.